The lowest BCUT2D eigenvalue weighted by Crippen LogP contribution is -2.32. The topological polar surface area (TPSA) is 77.8 Å². The van der Waals surface area contributed by atoms with Crippen LogP contribution in [0.5, 0.6) is 0 Å². The lowest BCUT2D eigenvalue weighted by molar-refractivity contribution is -0.125. The first-order valence-electron chi connectivity index (χ1n) is 10.1. The molecule has 1 heterocycles. The Morgan fingerprint density at radius 1 is 1.07 bits per heavy atom. The van der Waals surface area contributed by atoms with Gasteiger partial charge in [0, 0.05) is 17.6 Å². The molecule has 3 aromatic rings. The van der Waals surface area contributed by atoms with Crippen LogP contribution in [0, 0.1) is 6.92 Å². The molecule has 6 heteroatoms. The second-order valence-electron chi connectivity index (χ2n) is 7.06. The molecule has 0 fully saturated rings. The van der Waals surface area contributed by atoms with E-state index in [0.29, 0.717) is 17.8 Å². The summed E-state index contributed by atoms with van der Waals surface area (Å²) in [7, 11) is 0. The molecule has 0 unspecified atom stereocenters. The van der Waals surface area contributed by atoms with Crippen LogP contribution >= 0.6 is 0 Å². The molecule has 1 N–H and O–H groups in total. The number of para-hydroxylation sites is 1. The number of furan rings is 1. The van der Waals surface area contributed by atoms with E-state index in [1.165, 1.54) is 0 Å². The zero-order chi connectivity index (χ0) is 21.5. The van der Waals surface area contributed by atoms with Gasteiger partial charge in [0.25, 0.3) is 5.91 Å². The van der Waals surface area contributed by atoms with Crippen LogP contribution in [0.25, 0.3) is 11.0 Å². The number of hydrogen-bond acceptors (Lipinski definition) is 5. The van der Waals surface area contributed by atoms with Gasteiger partial charge in [-0.25, -0.2) is 4.79 Å². The Morgan fingerprint density at radius 2 is 1.80 bits per heavy atom. The van der Waals surface area contributed by atoms with Crippen LogP contribution in [0.1, 0.15) is 53.6 Å². The summed E-state index contributed by atoms with van der Waals surface area (Å²) in [6, 6.07) is 15.2. The van der Waals surface area contributed by atoms with Crippen molar-refractivity contribution in [2.75, 3.05) is 13.2 Å². The van der Waals surface area contributed by atoms with Crippen molar-refractivity contribution >= 4 is 22.8 Å². The van der Waals surface area contributed by atoms with Crippen molar-refractivity contribution in [3.8, 4) is 0 Å². The lowest BCUT2D eigenvalue weighted by Gasteiger charge is -2.17. The zero-order valence-corrected chi connectivity index (χ0v) is 17.6. The highest BCUT2D eigenvalue weighted by molar-refractivity contribution is 5.96. The molecule has 158 valence electrons. The predicted octanol–water partition coefficient (Wildman–Crippen LogP) is 4.70. The first-order chi connectivity index (χ1) is 14.5. The standard InChI is InChI=1S/C24H27NO5/c1-4-20(17-12-10-16(3)11-13-17)25-22(26)15-29-24(27)23-19(14-28-5-2)18-8-6-7-9-21(18)30-23/h6-13,20H,4-5,14-15H2,1-3H3,(H,25,26)/t20-/m1/s1. The number of nitrogens with one attached hydrogen (secondary N) is 1. The van der Waals surface area contributed by atoms with Gasteiger partial charge in [-0.05, 0) is 31.9 Å². The minimum atomic E-state index is -0.681. The third-order valence-corrected chi connectivity index (χ3v) is 4.89. The summed E-state index contributed by atoms with van der Waals surface area (Å²) >= 11 is 0. The zero-order valence-electron chi connectivity index (χ0n) is 17.6. The molecule has 0 saturated heterocycles. The highest BCUT2D eigenvalue weighted by Crippen LogP contribution is 2.27. The number of carbonyl (C=O) groups excluding carboxylic acids is 2. The SMILES string of the molecule is CCOCc1c(C(=O)OCC(=O)N[C@H](CC)c2ccc(C)cc2)oc2ccccc12. The fourth-order valence-corrected chi connectivity index (χ4v) is 3.26. The Balaban J connectivity index is 1.66. The van der Waals surface area contributed by atoms with Gasteiger partial charge in [0.05, 0.1) is 12.6 Å². The van der Waals surface area contributed by atoms with Gasteiger partial charge < -0.3 is 19.2 Å². The fraction of sp³-hybridized carbons (Fsp3) is 0.333. The van der Waals surface area contributed by atoms with Gasteiger partial charge in [-0.15, -0.1) is 0 Å². The second kappa shape index (κ2) is 10.1. The Kier molecular flexibility index (Phi) is 7.25. The van der Waals surface area contributed by atoms with Crippen LogP contribution in [-0.2, 0) is 20.9 Å². The summed E-state index contributed by atoms with van der Waals surface area (Å²) in [5.74, 6) is -0.972. The highest BCUT2D eigenvalue weighted by atomic mass is 16.5. The van der Waals surface area contributed by atoms with Gasteiger partial charge in [-0.2, -0.15) is 0 Å². The van der Waals surface area contributed by atoms with E-state index in [-0.39, 0.29) is 30.9 Å². The van der Waals surface area contributed by atoms with E-state index in [0.717, 1.165) is 22.9 Å². The van der Waals surface area contributed by atoms with Gasteiger partial charge in [0.1, 0.15) is 5.58 Å². The van der Waals surface area contributed by atoms with Crippen LogP contribution in [0.4, 0.5) is 0 Å². The molecule has 6 nitrogen and oxygen atoms in total. The summed E-state index contributed by atoms with van der Waals surface area (Å²) in [5.41, 5.74) is 3.37. The van der Waals surface area contributed by atoms with E-state index in [9.17, 15) is 9.59 Å². The monoisotopic (exact) mass is 409 g/mol. The maximum Gasteiger partial charge on any atom is 0.375 e. The van der Waals surface area contributed by atoms with Crippen molar-refractivity contribution in [1.29, 1.82) is 0 Å². The highest BCUT2D eigenvalue weighted by Gasteiger charge is 2.23. The van der Waals surface area contributed by atoms with Crippen molar-refractivity contribution in [3.63, 3.8) is 0 Å². The van der Waals surface area contributed by atoms with Crippen molar-refractivity contribution in [2.24, 2.45) is 0 Å². The average Bonchev–Trinajstić information content (AvgIpc) is 3.13. The molecule has 0 bridgehead atoms. The summed E-state index contributed by atoms with van der Waals surface area (Å²) < 4.78 is 16.4. The van der Waals surface area contributed by atoms with Crippen molar-refractivity contribution in [2.45, 2.75) is 39.8 Å². The van der Waals surface area contributed by atoms with Gasteiger partial charge in [0.15, 0.2) is 6.61 Å². The number of ether oxygens (including phenoxy) is 2. The summed E-state index contributed by atoms with van der Waals surface area (Å²) in [6.07, 6.45) is 0.727. The fourth-order valence-electron chi connectivity index (χ4n) is 3.26. The van der Waals surface area contributed by atoms with Gasteiger partial charge >= 0.3 is 5.97 Å². The van der Waals surface area contributed by atoms with Gasteiger partial charge in [-0.1, -0.05) is 55.0 Å². The number of carbonyl (C=O) groups is 2. The number of fused-ring (bicyclic) bond motifs is 1. The number of hydrogen-bond donors (Lipinski definition) is 1. The van der Waals surface area contributed by atoms with E-state index in [2.05, 4.69) is 5.32 Å². The quantitative estimate of drug-likeness (QED) is 0.518. The molecule has 0 radical (unpaired) electrons. The van der Waals surface area contributed by atoms with Crippen LogP contribution in [0.3, 0.4) is 0 Å². The van der Waals surface area contributed by atoms with Crippen LogP contribution in [0.2, 0.25) is 0 Å². The third-order valence-electron chi connectivity index (χ3n) is 4.89. The maximum atomic E-state index is 12.6. The van der Waals surface area contributed by atoms with E-state index in [4.69, 9.17) is 13.9 Å². The lowest BCUT2D eigenvalue weighted by atomic mass is 10.0. The van der Waals surface area contributed by atoms with E-state index in [1.54, 1.807) is 6.07 Å². The molecular weight excluding hydrogens is 382 g/mol. The normalized spacial score (nSPS) is 12.0. The maximum absolute atomic E-state index is 12.6. The van der Waals surface area contributed by atoms with Crippen molar-refractivity contribution < 1.29 is 23.5 Å². The molecule has 2 aromatic carbocycles. The molecule has 0 aliphatic heterocycles. The molecule has 1 amide bonds. The second-order valence-corrected chi connectivity index (χ2v) is 7.06. The molecular formula is C24H27NO5. The summed E-state index contributed by atoms with van der Waals surface area (Å²) in [6.45, 7) is 6.24. The van der Waals surface area contributed by atoms with Crippen LogP contribution in [0.15, 0.2) is 52.9 Å². The van der Waals surface area contributed by atoms with Crippen molar-refractivity contribution in [1.82, 2.24) is 5.32 Å². The average molecular weight is 409 g/mol. The number of rotatable bonds is 9. The van der Waals surface area contributed by atoms with Gasteiger partial charge in [-0.3, -0.25) is 4.79 Å². The largest absolute Gasteiger partial charge is 0.450 e. The minimum Gasteiger partial charge on any atom is -0.450 e. The van der Waals surface area contributed by atoms with E-state index < -0.39 is 5.97 Å². The molecule has 1 atom stereocenters. The number of amides is 1. The Bertz CT molecular complexity index is 1010. The van der Waals surface area contributed by atoms with Crippen LogP contribution in [-0.4, -0.2) is 25.1 Å². The Morgan fingerprint density at radius 3 is 2.50 bits per heavy atom. The summed E-state index contributed by atoms with van der Waals surface area (Å²) in [5, 5.41) is 3.71. The molecule has 3 rings (SSSR count). The summed E-state index contributed by atoms with van der Waals surface area (Å²) in [4.78, 5) is 25.0. The number of esters is 1. The molecule has 0 aliphatic carbocycles. The number of benzene rings is 2. The molecule has 0 spiro atoms. The van der Waals surface area contributed by atoms with Crippen LogP contribution < -0.4 is 5.32 Å². The minimum absolute atomic E-state index is 0.0722. The van der Waals surface area contributed by atoms with Gasteiger partial charge in [0.2, 0.25) is 5.76 Å². The smallest absolute Gasteiger partial charge is 0.375 e. The predicted molar refractivity (Wildman–Crippen MR) is 114 cm³/mol. The van der Waals surface area contributed by atoms with Crippen molar-refractivity contribution in [3.05, 3.63) is 71.0 Å². The Hall–Kier alpha value is -3.12. The van der Waals surface area contributed by atoms with E-state index >= 15 is 0 Å². The molecule has 1 aromatic heterocycles. The van der Waals surface area contributed by atoms with E-state index in [1.807, 2.05) is 63.2 Å². The first-order valence-corrected chi connectivity index (χ1v) is 10.1. The molecule has 0 saturated carbocycles. The number of aryl methyl sites for hydroxylation is 1. The third kappa shape index (κ3) is 5.07. The molecule has 0 aliphatic rings. The molecule has 30 heavy (non-hydrogen) atoms. The first kappa shape index (κ1) is 21.6. The Labute approximate surface area is 176 Å².